The Labute approximate surface area is 150 Å². The molecule has 0 spiro atoms. The monoisotopic (exact) mass is 369 g/mol. The first-order valence-electron chi connectivity index (χ1n) is 8.73. The van der Waals surface area contributed by atoms with E-state index in [0.29, 0.717) is 37.1 Å². The summed E-state index contributed by atoms with van der Waals surface area (Å²) in [5.74, 6) is -0.423. The summed E-state index contributed by atoms with van der Waals surface area (Å²) in [4.78, 5) is 17.8. The highest BCUT2D eigenvalue weighted by atomic mass is 19.4. The number of rotatable bonds is 6. The van der Waals surface area contributed by atoms with E-state index in [1.54, 1.807) is 12.1 Å². The van der Waals surface area contributed by atoms with Crippen LogP contribution in [0, 0.1) is 11.8 Å². The lowest BCUT2D eigenvalue weighted by atomic mass is 9.97. The molecular weight excluding hydrogens is 347 g/mol. The molecule has 142 valence electrons. The molecule has 1 saturated heterocycles. The van der Waals surface area contributed by atoms with Crippen LogP contribution in [0.15, 0.2) is 30.6 Å². The number of likely N-dealkylation sites (tertiary alicyclic amines) is 1. The van der Waals surface area contributed by atoms with Gasteiger partial charge in [-0.1, -0.05) is 6.58 Å². The number of amides is 1. The summed E-state index contributed by atoms with van der Waals surface area (Å²) >= 11 is 0. The number of hydrogen-bond donors (Lipinski definition) is 1. The molecule has 2 heterocycles. The van der Waals surface area contributed by atoms with Crippen LogP contribution in [0.4, 0.5) is 19.0 Å². The molecule has 0 aromatic carbocycles. The summed E-state index contributed by atoms with van der Waals surface area (Å²) in [6.07, 6.45) is 0.0971. The van der Waals surface area contributed by atoms with Gasteiger partial charge in [0.1, 0.15) is 11.6 Å². The minimum Gasteiger partial charge on any atom is -0.492 e. The lowest BCUT2D eigenvalue weighted by Gasteiger charge is -2.35. The maximum atomic E-state index is 12.9. The van der Waals surface area contributed by atoms with Gasteiger partial charge in [0.25, 0.3) is 5.91 Å². The number of carbonyl (C=O) groups is 1. The lowest BCUT2D eigenvalue weighted by molar-refractivity contribution is -0.185. The fourth-order valence-corrected chi connectivity index (χ4v) is 2.86. The van der Waals surface area contributed by atoms with Gasteiger partial charge in [-0.25, -0.2) is 4.98 Å². The molecule has 1 aromatic rings. The first-order valence-corrected chi connectivity index (χ1v) is 8.73. The first kappa shape index (κ1) is 18.5. The summed E-state index contributed by atoms with van der Waals surface area (Å²) in [6.45, 7) is 4.47. The molecule has 2 aliphatic rings. The minimum absolute atomic E-state index is 0.0230. The number of halogens is 3. The zero-order valence-electron chi connectivity index (χ0n) is 14.4. The van der Waals surface area contributed by atoms with Crippen LogP contribution in [0.25, 0.3) is 0 Å². The smallest absolute Gasteiger partial charge is 0.393 e. The van der Waals surface area contributed by atoms with Crippen molar-refractivity contribution in [2.75, 3.05) is 25.0 Å². The molecule has 1 atom stereocenters. The van der Waals surface area contributed by atoms with E-state index in [1.807, 2.05) is 0 Å². The van der Waals surface area contributed by atoms with E-state index in [0.717, 1.165) is 0 Å². The molecule has 1 aromatic heterocycles. The van der Waals surface area contributed by atoms with Crippen molar-refractivity contribution < 1.29 is 22.7 Å². The predicted octanol–water partition coefficient (Wildman–Crippen LogP) is 3.60. The highest BCUT2D eigenvalue weighted by Crippen LogP contribution is 2.34. The van der Waals surface area contributed by atoms with E-state index in [9.17, 15) is 18.0 Å². The van der Waals surface area contributed by atoms with Crippen molar-refractivity contribution in [3.63, 3.8) is 0 Å². The molecular formula is C18H22F3N3O2. The number of hydrogen-bond acceptors (Lipinski definition) is 4. The second-order valence-corrected chi connectivity index (χ2v) is 6.86. The van der Waals surface area contributed by atoms with Gasteiger partial charge in [0.2, 0.25) is 0 Å². The summed E-state index contributed by atoms with van der Waals surface area (Å²) in [5, 5.41) is 2.57. The molecule has 26 heavy (non-hydrogen) atoms. The van der Waals surface area contributed by atoms with Crippen LogP contribution < -0.4 is 10.1 Å². The van der Waals surface area contributed by atoms with Crippen LogP contribution in [0.5, 0.6) is 5.75 Å². The minimum atomic E-state index is -4.26. The van der Waals surface area contributed by atoms with E-state index in [2.05, 4.69) is 16.9 Å². The molecule has 3 rings (SSSR count). The molecule has 8 heteroatoms. The van der Waals surface area contributed by atoms with E-state index in [-0.39, 0.29) is 18.7 Å². The Bertz CT molecular complexity index is 657. The molecule has 1 N–H and O–H groups in total. The third-order valence-electron chi connectivity index (χ3n) is 4.69. The zero-order chi connectivity index (χ0) is 18.7. The molecule has 1 saturated carbocycles. The standard InChI is InChI=1S/C18H22F3N3O2/c1-12(24-8-2-3-14(10-24)18(19,20)21)17(25)23-16-7-6-15(9-22-16)26-11-13-4-5-13/h6-7,9,13-14H,1-5,8,10-11H2,(H,22,23,25)/t14-/m1/s1. The van der Waals surface area contributed by atoms with Gasteiger partial charge in [-0.3, -0.25) is 4.79 Å². The molecule has 0 bridgehead atoms. The van der Waals surface area contributed by atoms with Crippen molar-refractivity contribution in [3.05, 3.63) is 30.6 Å². The van der Waals surface area contributed by atoms with Crippen molar-refractivity contribution >= 4 is 11.7 Å². The Morgan fingerprint density at radius 3 is 2.73 bits per heavy atom. The van der Waals surface area contributed by atoms with E-state index < -0.39 is 18.0 Å². The van der Waals surface area contributed by atoms with Crippen molar-refractivity contribution in [3.8, 4) is 5.75 Å². The third-order valence-corrected chi connectivity index (χ3v) is 4.69. The van der Waals surface area contributed by atoms with E-state index in [1.165, 1.54) is 23.9 Å². The van der Waals surface area contributed by atoms with Gasteiger partial charge >= 0.3 is 6.18 Å². The van der Waals surface area contributed by atoms with Crippen LogP contribution in [0.1, 0.15) is 25.7 Å². The van der Waals surface area contributed by atoms with Crippen LogP contribution in [-0.4, -0.2) is 41.7 Å². The number of anilines is 1. The maximum absolute atomic E-state index is 12.9. The maximum Gasteiger partial charge on any atom is 0.393 e. The number of ether oxygens (including phenoxy) is 1. The summed E-state index contributed by atoms with van der Waals surface area (Å²) in [6, 6.07) is 3.30. The third kappa shape index (κ3) is 4.89. The number of nitrogens with zero attached hydrogens (tertiary/aromatic N) is 2. The van der Waals surface area contributed by atoms with Gasteiger partial charge in [-0.15, -0.1) is 0 Å². The highest BCUT2D eigenvalue weighted by Gasteiger charge is 2.42. The first-order chi connectivity index (χ1) is 12.3. The summed E-state index contributed by atoms with van der Waals surface area (Å²) < 4.78 is 44.3. The number of piperidine rings is 1. The highest BCUT2D eigenvalue weighted by molar-refractivity contribution is 6.02. The molecule has 1 aliphatic heterocycles. The Morgan fingerprint density at radius 1 is 1.35 bits per heavy atom. The number of pyridine rings is 1. The second kappa shape index (κ2) is 7.55. The number of nitrogens with one attached hydrogen (secondary N) is 1. The van der Waals surface area contributed by atoms with Gasteiger partial charge < -0.3 is 15.0 Å². The molecule has 0 radical (unpaired) electrons. The zero-order valence-corrected chi connectivity index (χ0v) is 14.4. The number of alkyl halides is 3. The quantitative estimate of drug-likeness (QED) is 0.779. The van der Waals surface area contributed by atoms with Gasteiger partial charge in [0.05, 0.1) is 24.4 Å². The normalized spacial score (nSPS) is 20.6. The Morgan fingerprint density at radius 2 is 2.12 bits per heavy atom. The predicted molar refractivity (Wildman–Crippen MR) is 90.6 cm³/mol. The lowest BCUT2D eigenvalue weighted by Crippen LogP contribution is -2.43. The average molecular weight is 369 g/mol. The van der Waals surface area contributed by atoms with Crippen molar-refractivity contribution in [2.45, 2.75) is 31.9 Å². The molecule has 0 unspecified atom stereocenters. The topological polar surface area (TPSA) is 54.5 Å². The molecule has 5 nitrogen and oxygen atoms in total. The Kier molecular flexibility index (Phi) is 5.38. The van der Waals surface area contributed by atoms with Crippen LogP contribution in [0.3, 0.4) is 0 Å². The van der Waals surface area contributed by atoms with Gasteiger partial charge in [0.15, 0.2) is 0 Å². The molecule has 2 fully saturated rings. The number of aromatic nitrogens is 1. The fraction of sp³-hybridized carbons (Fsp3) is 0.556. The summed E-state index contributed by atoms with van der Waals surface area (Å²) in [7, 11) is 0. The van der Waals surface area contributed by atoms with Gasteiger partial charge in [0, 0.05) is 13.1 Å². The van der Waals surface area contributed by atoms with Crippen LogP contribution >= 0.6 is 0 Å². The second-order valence-electron chi connectivity index (χ2n) is 6.86. The van der Waals surface area contributed by atoms with E-state index in [4.69, 9.17) is 4.74 Å². The van der Waals surface area contributed by atoms with E-state index >= 15 is 0 Å². The van der Waals surface area contributed by atoms with Crippen molar-refractivity contribution in [1.29, 1.82) is 0 Å². The molecule has 1 amide bonds. The van der Waals surface area contributed by atoms with Crippen LogP contribution in [-0.2, 0) is 4.79 Å². The van der Waals surface area contributed by atoms with Gasteiger partial charge in [-0.2, -0.15) is 13.2 Å². The van der Waals surface area contributed by atoms with Crippen molar-refractivity contribution in [2.24, 2.45) is 11.8 Å². The average Bonchev–Trinajstić information content (AvgIpc) is 3.44. The Balaban J connectivity index is 1.52. The SMILES string of the molecule is C=C(C(=O)Nc1ccc(OCC2CC2)cn1)N1CCC[C@@H](C(F)(F)F)C1. The largest absolute Gasteiger partial charge is 0.492 e. The number of carbonyl (C=O) groups excluding carboxylic acids is 1. The Hall–Kier alpha value is -2.25. The van der Waals surface area contributed by atoms with Crippen molar-refractivity contribution in [1.82, 2.24) is 9.88 Å². The van der Waals surface area contributed by atoms with Crippen LogP contribution in [0.2, 0.25) is 0 Å². The summed E-state index contributed by atoms with van der Waals surface area (Å²) in [5.41, 5.74) is 0.0230. The van der Waals surface area contributed by atoms with Gasteiger partial charge in [-0.05, 0) is 43.7 Å². The fourth-order valence-electron chi connectivity index (χ4n) is 2.86. The molecule has 1 aliphatic carbocycles.